The summed E-state index contributed by atoms with van der Waals surface area (Å²) >= 11 is 0. The van der Waals surface area contributed by atoms with E-state index < -0.39 is 0 Å². The molecule has 2 heterocycles. The van der Waals surface area contributed by atoms with Crippen LogP contribution in [0.25, 0.3) is 32.7 Å². The number of fused-ring (bicyclic) bond motifs is 6. The molecular formula is C30H24N12. The zero-order chi connectivity index (χ0) is 32.4. The predicted molar refractivity (Wildman–Crippen MR) is 161 cm³/mol. The van der Waals surface area contributed by atoms with Crippen LogP contribution in [0.1, 0.15) is 0 Å². The van der Waals surface area contributed by atoms with Gasteiger partial charge in [0.15, 0.2) is 0 Å². The third-order valence-electron chi connectivity index (χ3n) is 3.52. The van der Waals surface area contributed by atoms with Crippen LogP contribution in [0.15, 0.2) is 112 Å². The largest absolute Gasteiger partial charge is 0.193 e. The number of rotatable bonds is 0. The quantitative estimate of drug-likeness (QED) is 0.189. The molecule has 0 radical (unpaired) electrons. The highest BCUT2D eigenvalue weighted by Gasteiger charge is 2.11. The first-order valence-electron chi connectivity index (χ1n) is 11.0. The second-order valence-corrected chi connectivity index (χ2v) is 5.91. The molecule has 0 spiro atoms. The van der Waals surface area contributed by atoms with Crippen LogP contribution in [0.4, 0.5) is 0 Å². The Balaban J connectivity index is -0.000000526. The first-order valence-corrected chi connectivity index (χ1v) is 11.0. The van der Waals surface area contributed by atoms with Crippen molar-refractivity contribution in [3.8, 4) is 36.4 Å². The highest BCUT2D eigenvalue weighted by molar-refractivity contribution is 6.21. The van der Waals surface area contributed by atoms with Gasteiger partial charge in [0.2, 0.25) is 0 Å². The van der Waals surface area contributed by atoms with Crippen molar-refractivity contribution in [3.05, 3.63) is 112 Å². The van der Waals surface area contributed by atoms with Gasteiger partial charge >= 0.3 is 0 Å². The average Bonchev–Trinajstić information content (AvgIpc) is 3.09. The molecule has 0 atom stereocenters. The van der Waals surface area contributed by atoms with E-state index in [-0.39, 0.29) is 0 Å². The molecular weight excluding hydrogens is 528 g/mol. The lowest BCUT2D eigenvalue weighted by atomic mass is 10.0. The van der Waals surface area contributed by atoms with E-state index in [9.17, 15) is 0 Å². The molecule has 2 aromatic carbocycles. The van der Waals surface area contributed by atoms with Gasteiger partial charge in [-0.3, -0.25) is 0 Å². The van der Waals surface area contributed by atoms with Crippen LogP contribution >= 0.6 is 0 Å². The van der Waals surface area contributed by atoms with E-state index in [2.05, 4.69) is 70.3 Å². The third kappa shape index (κ3) is 17.1. The van der Waals surface area contributed by atoms with Gasteiger partial charge in [-0.1, -0.05) is 63.7 Å². The normalized spacial score (nSPS) is 7.00. The molecule has 12 heteroatoms. The molecule has 42 heavy (non-hydrogen) atoms. The second kappa shape index (κ2) is 29.8. The zero-order valence-electron chi connectivity index (χ0n) is 22.5. The van der Waals surface area contributed by atoms with Crippen LogP contribution in [-0.2, 0) is 0 Å². The molecule has 0 saturated carbocycles. The van der Waals surface area contributed by atoms with Gasteiger partial charge in [0.1, 0.15) is 16.6 Å². The van der Waals surface area contributed by atoms with E-state index >= 15 is 0 Å². The molecule has 0 bridgehead atoms. The van der Waals surface area contributed by atoms with E-state index in [0.29, 0.717) is 16.6 Å². The Kier molecular flexibility index (Phi) is 27.8. The van der Waals surface area contributed by atoms with E-state index in [1.54, 1.807) is 42.6 Å². The highest BCUT2D eigenvalue weighted by atomic mass is 15.4. The minimum atomic E-state index is 0.631. The maximum atomic E-state index is 7.51. The van der Waals surface area contributed by atoms with E-state index in [1.807, 2.05) is 30.3 Å². The van der Waals surface area contributed by atoms with Crippen molar-refractivity contribution in [2.45, 2.75) is 0 Å². The minimum Gasteiger partial charge on any atom is -0.193 e. The Bertz CT molecular complexity index is 1350. The summed E-state index contributed by atoms with van der Waals surface area (Å²) in [4.78, 5) is 0. The van der Waals surface area contributed by atoms with Crippen LogP contribution < -0.4 is 0 Å². The second-order valence-electron chi connectivity index (χ2n) is 5.91. The van der Waals surface area contributed by atoms with Crippen molar-refractivity contribution in [3.63, 3.8) is 0 Å². The van der Waals surface area contributed by atoms with Gasteiger partial charge in [-0.05, 0) is 21.9 Å². The topological polar surface area (TPSA) is 220 Å². The summed E-state index contributed by atoms with van der Waals surface area (Å²) < 4.78 is 0. The minimum absolute atomic E-state index is 0.631. The fourth-order valence-electron chi connectivity index (χ4n) is 2.21. The van der Waals surface area contributed by atoms with Crippen molar-refractivity contribution < 1.29 is 0 Å². The summed E-state index contributed by atoms with van der Waals surface area (Å²) in [6, 6.07) is 20.1. The number of hydrogen-bond donors (Lipinski definition) is 0. The summed E-state index contributed by atoms with van der Waals surface area (Å²) in [7, 11) is 0. The Hall–Kier alpha value is -7.38. The maximum absolute atomic E-state index is 7.51. The van der Waals surface area contributed by atoms with Crippen molar-refractivity contribution in [1.82, 2.24) is 30.8 Å². The van der Waals surface area contributed by atoms with Gasteiger partial charge in [-0.2, -0.15) is 36.7 Å². The van der Waals surface area contributed by atoms with Gasteiger partial charge in [0.25, 0.3) is 0 Å². The molecule has 0 amide bonds. The van der Waals surface area contributed by atoms with Gasteiger partial charge in [0, 0.05) is 47.2 Å². The lowest BCUT2D eigenvalue weighted by Crippen LogP contribution is -1.96. The van der Waals surface area contributed by atoms with Crippen molar-refractivity contribution in [2.24, 2.45) is 0 Å². The average molecular weight is 553 g/mol. The van der Waals surface area contributed by atoms with Crippen molar-refractivity contribution >= 4 is 32.7 Å². The highest BCUT2D eigenvalue weighted by Crippen LogP contribution is 2.30. The molecule has 0 saturated heterocycles. The Labute approximate surface area is 243 Å². The Morgan fingerprint density at radius 1 is 0.452 bits per heavy atom. The standard InChI is InChI=1S/C12H6N6.6C3H3N/c1-2-4-8-7(3-1)9-5-6-13-14-10(9)12-11(8)15-17-18-16-12;6*1-2-3-4/h1-6H;6*2H,1H2. The first-order chi connectivity index (χ1) is 20.4. The number of hydrogen-bond acceptors (Lipinski definition) is 12. The SMILES string of the molecule is C=CC#N.C=CC#N.C=CC#N.C=CC#N.C=CC#N.C=CC#N.c1ccc2c(c1)c1ccnnc1c1nnnnc21. The molecule has 0 aliphatic rings. The molecule has 0 fully saturated rings. The first kappa shape index (κ1) is 39.1. The summed E-state index contributed by atoms with van der Waals surface area (Å²) in [5.74, 6) is 0. The fraction of sp³-hybridized carbons (Fsp3) is 0. The number of nitrogens with zero attached hydrogens (tertiary/aromatic N) is 12. The van der Waals surface area contributed by atoms with Gasteiger partial charge in [-0.15, -0.1) is 15.3 Å². The molecule has 4 rings (SSSR count). The Morgan fingerprint density at radius 3 is 1.14 bits per heavy atom. The van der Waals surface area contributed by atoms with E-state index in [1.165, 1.54) is 36.5 Å². The molecule has 12 nitrogen and oxygen atoms in total. The number of allylic oxidation sites excluding steroid dienone is 6. The monoisotopic (exact) mass is 552 g/mol. The molecule has 204 valence electrons. The predicted octanol–water partition coefficient (Wildman–Crippen LogP) is 5.69. The van der Waals surface area contributed by atoms with E-state index in [4.69, 9.17) is 31.6 Å². The molecule has 0 aliphatic carbocycles. The molecule has 0 N–H and O–H groups in total. The molecule has 0 aliphatic heterocycles. The lowest BCUT2D eigenvalue weighted by Gasteiger charge is -2.04. The summed E-state index contributed by atoms with van der Waals surface area (Å²) in [5.41, 5.74) is 2.04. The van der Waals surface area contributed by atoms with Crippen molar-refractivity contribution in [1.29, 1.82) is 31.6 Å². The molecule has 4 aromatic rings. The summed E-state index contributed by atoms with van der Waals surface area (Å²) in [6.45, 7) is 18.7. The van der Waals surface area contributed by atoms with Gasteiger partial charge in [0.05, 0.1) is 42.6 Å². The summed E-state index contributed by atoms with van der Waals surface area (Å²) in [6.07, 6.45) is 8.75. The van der Waals surface area contributed by atoms with Crippen LogP contribution in [0, 0.1) is 68.0 Å². The maximum Gasteiger partial charge on any atom is 0.144 e. The molecule has 0 unspecified atom stereocenters. The molecule has 2 aromatic heterocycles. The Morgan fingerprint density at radius 2 is 0.762 bits per heavy atom. The fourth-order valence-corrected chi connectivity index (χ4v) is 2.21. The number of nitriles is 6. The smallest absolute Gasteiger partial charge is 0.144 e. The zero-order valence-corrected chi connectivity index (χ0v) is 22.5. The van der Waals surface area contributed by atoms with Gasteiger partial charge < -0.3 is 0 Å². The lowest BCUT2D eigenvalue weighted by molar-refractivity contribution is 0.799. The van der Waals surface area contributed by atoms with Gasteiger partial charge in [-0.25, -0.2) is 0 Å². The third-order valence-corrected chi connectivity index (χ3v) is 3.52. The van der Waals surface area contributed by atoms with E-state index in [0.717, 1.165) is 16.2 Å². The van der Waals surface area contributed by atoms with Crippen molar-refractivity contribution in [2.75, 3.05) is 0 Å². The summed E-state index contributed by atoms with van der Waals surface area (Å²) in [5, 5.41) is 71.4. The van der Waals surface area contributed by atoms with Crippen LogP contribution in [-0.4, -0.2) is 30.8 Å². The van der Waals surface area contributed by atoms with Crippen LogP contribution in [0.2, 0.25) is 0 Å². The number of aromatic nitrogens is 6. The number of benzene rings is 2. The van der Waals surface area contributed by atoms with Crippen LogP contribution in [0.5, 0.6) is 0 Å². The van der Waals surface area contributed by atoms with Crippen LogP contribution in [0.3, 0.4) is 0 Å².